The highest BCUT2D eigenvalue weighted by Crippen LogP contribution is 2.38. The van der Waals surface area contributed by atoms with Crippen LogP contribution in [0.3, 0.4) is 0 Å². The smallest absolute Gasteiger partial charge is 0.342 e. The summed E-state index contributed by atoms with van der Waals surface area (Å²) >= 11 is 1.49. The van der Waals surface area contributed by atoms with Crippen molar-refractivity contribution >= 4 is 23.6 Å². The normalized spacial score (nSPS) is 16.0. The molecule has 1 unspecified atom stereocenters. The Morgan fingerprint density at radius 3 is 2.72 bits per heavy atom. The highest BCUT2D eigenvalue weighted by Gasteiger charge is 2.32. The maximum atomic E-state index is 14.1. The molecule has 2 aromatic carbocycles. The van der Waals surface area contributed by atoms with Crippen molar-refractivity contribution in [1.82, 2.24) is 15.1 Å². The van der Waals surface area contributed by atoms with Gasteiger partial charge in [0.2, 0.25) is 0 Å². The average molecular weight is 411 g/mol. The van der Waals surface area contributed by atoms with Crippen LogP contribution in [0.4, 0.5) is 4.39 Å². The molecule has 0 bridgehead atoms. The van der Waals surface area contributed by atoms with Crippen LogP contribution >= 0.6 is 11.8 Å². The Kier molecular flexibility index (Phi) is 5.62. The summed E-state index contributed by atoms with van der Waals surface area (Å²) in [6.07, 6.45) is 1.38. The number of nitrogens with zero attached hydrogens (tertiary/aromatic N) is 2. The Labute approximate surface area is 171 Å². The maximum absolute atomic E-state index is 14.1. The number of nitrogens with one attached hydrogen (secondary N) is 1. The molecule has 29 heavy (non-hydrogen) atoms. The number of benzene rings is 2. The third kappa shape index (κ3) is 4.02. The molecule has 0 aliphatic carbocycles. The van der Waals surface area contributed by atoms with Crippen molar-refractivity contribution < 1.29 is 18.7 Å². The third-order valence-corrected chi connectivity index (χ3v) is 5.87. The predicted octanol–water partition coefficient (Wildman–Crippen LogP) is 3.65. The second-order valence-corrected chi connectivity index (χ2v) is 7.62. The van der Waals surface area contributed by atoms with Gasteiger partial charge in [-0.1, -0.05) is 48.5 Å². The summed E-state index contributed by atoms with van der Waals surface area (Å²) in [5.74, 6) is -0.660. The number of carbonyl (C=O) groups is 2. The molecule has 1 aliphatic heterocycles. The predicted molar refractivity (Wildman–Crippen MR) is 108 cm³/mol. The Hall–Kier alpha value is -3.13. The number of rotatable bonds is 5. The molecule has 1 amide bonds. The van der Waals surface area contributed by atoms with Crippen LogP contribution in [0.15, 0.2) is 60.8 Å². The molecule has 1 aromatic heterocycles. The van der Waals surface area contributed by atoms with E-state index in [-0.39, 0.29) is 17.3 Å². The zero-order valence-electron chi connectivity index (χ0n) is 15.4. The lowest BCUT2D eigenvalue weighted by atomic mass is 10.1. The Morgan fingerprint density at radius 2 is 1.93 bits per heavy atom. The van der Waals surface area contributed by atoms with Crippen molar-refractivity contribution in [1.29, 1.82) is 0 Å². The van der Waals surface area contributed by atoms with Gasteiger partial charge in [-0.2, -0.15) is 5.10 Å². The molecule has 6 nitrogen and oxygen atoms in total. The summed E-state index contributed by atoms with van der Waals surface area (Å²) < 4.78 is 19.4. The number of aromatic nitrogens is 2. The van der Waals surface area contributed by atoms with Gasteiger partial charge >= 0.3 is 5.97 Å². The summed E-state index contributed by atoms with van der Waals surface area (Å²) in [6.45, 7) is 0.0603. The molecule has 1 atom stereocenters. The van der Waals surface area contributed by atoms with Crippen LogP contribution in [0.2, 0.25) is 0 Å². The number of H-pyrrole nitrogens is 1. The number of thioether (sulfide) groups is 1. The molecule has 1 aliphatic rings. The molecule has 0 spiro atoms. The van der Waals surface area contributed by atoms with E-state index in [1.807, 2.05) is 30.3 Å². The number of aromatic amines is 1. The minimum absolute atomic E-state index is 0.255. The van der Waals surface area contributed by atoms with Crippen molar-refractivity contribution in [3.63, 3.8) is 0 Å². The van der Waals surface area contributed by atoms with Crippen LogP contribution in [0, 0.1) is 5.82 Å². The van der Waals surface area contributed by atoms with E-state index in [2.05, 4.69) is 10.2 Å². The fraction of sp³-hybridized carbons (Fsp3) is 0.190. The molecule has 1 N–H and O–H groups in total. The number of esters is 1. The van der Waals surface area contributed by atoms with E-state index in [0.717, 1.165) is 5.56 Å². The number of ether oxygens (including phenoxy) is 1. The van der Waals surface area contributed by atoms with Gasteiger partial charge in [-0.05, 0) is 6.07 Å². The fourth-order valence-corrected chi connectivity index (χ4v) is 4.51. The van der Waals surface area contributed by atoms with Gasteiger partial charge in [0, 0.05) is 23.4 Å². The van der Waals surface area contributed by atoms with Crippen molar-refractivity contribution in [2.24, 2.45) is 0 Å². The lowest BCUT2D eigenvalue weighted by Gasteiger charge is -2.24. The molecule has 0 saturated carbocycles. The number of halogens is 1. The Bertz CT molecular complexity index is 1020. The molecule has 8 heteroatoms. The molecule has 0 radical (unpaired) electrons. The largest absolute Gasteiger partial charge is 0.452 e. The average Bonchev–Trinajstić information content (AvgIpc) is 3.42. The lowest BCUT2D eigenvalue weighted by Crippen LogP contribution is -2.34. The van der Waals surface area contributed by atoms with Crippen LogP contribution in [0.1, 0.15) is 21.3 Å². The quantitative estimate of drug-likeness (QED) is 0.649. The minimum atomic E-state index is -0.639. The number of amides is 1. The van der Waals surface area contributed by atoms with Gasteiger partial charge in [-0.3, -0.25) is 9.89 Å². The number of carbonyl (C=O) groups excluding carboxylic acids is 2. The minimum Gasteiger partial charge on any atom is -0.452 e. The molecule has 148 valence electrons. The second-order valence-electron chi connectivity index (χ2n) is 6.43. The van der Waals surface area contributed by atoms with Gasteiger partial charge in [0.05, 0.1) is 11.9 Å². The zero-order chi connectivity index (χ0) is 20.2. The summed E-state index contributed by atoms with van der Waals surface area (Å²) in [5.41, 5.74) is 2.03. The standard InChI is InChI=1S/C21H18FN3O3S/c22-17-9-5-4-8-15(17)20-25(10-11-29-20)18(26)13-28-21(27)16-12-23-24-19(16)14-6-2-1-3-7-14/h1-9,12,20H,10-11,13H2,(H,23,24). The molecule has 1 saturated heterocycles. The Morgan fingerprint density at radius 1 is 1.17 bits per heavy atom. The van der Waals surface area contributed by atoms with Crippen molar-refractivity contribution in [3.8, 4) is 11.3 Å². The first kappa shape index (κ1) is 19.2. The van der Waals surface area contributed by atoms with Crippen LogP contribution in [0.25, 0.3) is 11.3 Å². The fourth-order valence-electron chi connectivity index (χ4n) is 3.21. The highest BCUT2D eigenvalue weighted by atomic mass is 32.2. The lowest BCUT2D eigenvalue weighted by molar-refractivity contribution is -0.134. The van der Waals surface area contributed by atoms with E-state index >= 15 is 0 Å². The van der Waals surface area contributed by atoms with E-state index < -0.39 is 18.0 Å². The number of hydrogen-bond donors (Lipinski definition) is 1. The SMILES string of the molecule is O=C(OCC(=O)N1CCSC1c1ccccc1F)c1cn[nH]c1-c1ccccc1. The molecular formula is C21H18FN3O3S. The molecule has 3 aromatic rings. The first-order valence-corrected chi connectivity index (χ1v) is 10.1. The molecular weight excluding hydrogens is 393 g/mol. The highest BCUT2D eigenvalue weighted by molar-refractivity contribution is 7.99. The third-order valence-electron chi connectivity index (χ3n) is 4.63. The van der Waals surface area contributed by atoms with E-state index in [0.29, 0.717) is 23.6 Å². The van der Waals surface area contributed by atoms with Gasteiger partial charge in [0.15, 0.2) is 6.61 Å². The molecule has 2 heterocycles. The van der Waals surface area contributed by atoms with Crippen LogP contribution in [-0.2, 0) is 9.53 Å². The van der Waals surface area contributed by atoms with Crippen molar-refractivity contribution in [2.45, 2.75) is 5.37 Å². The van der Waals surface area contributed by atoms with Gasteiger partial charge in [-0.25, -0.2) is 9.18 Å². The van der Waals surface area contributed by atoms with Gasteiger partial charge < -0.3 is 9.64 Å². The molecule has 1 fully saturated rings. The Balaban J connectivity index is 1.43. The van der Waals surface area contributed by atoms with E-state index in [9.17, 15) is 14.0 Å². The van der Waals surface area contributed by atoms with E-state index in [4.69, 9.17) is 4.74 Å². The van der Waals surface area contributed by atoms with Crippen molar-refractivity contribution in [3.05, 3.63) is 77.7 Å². The van der Waals surface area contributed by atoms with Crippen LogP contribution in [0.5, 0.6) is 0 Å². The first-order chi connectivity index (χ1) is 14.1. The maximum Gasteiger partial charge on any atom is 0.342 e. The summed E-state index contributed by atoms with van der Waals surface area (Å²) in [6, 6.07) is 15.7. The summed E-state index contributed by atoms with van der Waals surface area (Å²) in [5, 5.41) is 6.29. The van der Waals surface area contributed by atoms with Gasteiger partial charge in [0.1, 0.15) is 16.8 Å². The monoisotopic (exact) mass is 411 g/mol. The first-order valence-electron chi connectivity index (χ1n) is 9.06. The van der Waals surface area contributed by atoms with Gasteiger partial charge in [0.25, 0.3) is 5.91 Å². The van der Waals surface area contributed by atoms with Gasteiger partial charge in [-0.15, -0.1) is 11.8 Å². The summed E-state index contributed by atoms with van der Waals surface area (Å²) in [7, 11) is 0. The topological polar surface area (TPSA) is 75.3 Å². The van der Waals surface area contributed by atoms with Crippen LogP contribution in [-0.4, -0.2) is 45.9 Å². The zero-order valence-corrected chi connectivity index (χ0v) is 16.2. The van der Waals surface area contributed by atoms with E-state index in [1.54, 1.807) is 23.1 Å². The van der Waals surface area contributed by atoms with Crippen LogP contribution < -0.4 is 0 Å². The number of hydrogen-bond acceptors (Lipinski definition) is 5. The summed E-state index contributed by atoms with van der Waals surface area (Å²) in [4.78, 5) is 26.7. The van der Waals surface area contributed by atoms with E-state index in [1.165, 1.54) is 24.0 Å². The molecule has 4 rings (SSSR count). The van der Waals surface area contributed by atoms with Crippen molar-refractivity contribution in [2.75, 3.05) is 18.9 Å². The second kappa shape index (κ2) is 8.48.